The van der Waals surface area contributed by atoms with Crippen molar-refractivity contribution in [1.82, 2.24) is 29.4 Å². The minimum atomic E-state index is -0.872. The molecule has 1 saturated heterocycles. The van der Waals surface area contributed by atoms with E-state index < -0.39 is 17.9 Å². The fraction of sp³-hybridized carbons (Fsp3) is 0.485. The van der Waals surface area contributed by atoms with Gasteiger partial charge in [-0.15, -0.1) is 0 Å². The van der Waals surface area contributed by atoms with Crippen molar-refractivity contribution in [2.75, 3.05) is 13.1 Å². The van der Waals surface area contributed by atoms with Gasteiger partial charge in [-0.2, -0.15) is 10.2 Å². The van der Waals surface area contributed by atoms with Gasteiger partial charge < -0.3 is 4.90 Å². The van der Waals surface area contributed by atoms with Gasteiger partial charge in [0.15, 0.2) is 5.78 Å². The molecule has 1 atom stereocenters. The summed E-state index contributed by atoms with van der Waals surface area (Å²) in [4.78, 5) is 66.8. The molecule has 2 aliphatic carbocycles. The molecule has 3 fully saturated rings. The number of fused-ring (bicyclic) bond motifs is 1. The van der Waals surface area contributed by atoms with E-state index in [1.54, 1.807) is 12.1 Å². The molecular weight excluding hydrogens is 560 g/mol. The molecule has 3 aromatic rings. The van der Waals surface area contributed by atoms with Gasteiger partial charge in [0.25, 0.3) is 11.8 Å². The van der Waals surface area contributed by atoms with Crippen LogP contribution in [-0.2, 0) is 40.7 Å². The summed E-state index contributed by atoms with van der Waals surface area (Å²) in [5, 5.41) is 9.21. The van der Waals surface area contributed by atoms with Gasteiger partial charge in [0.1, 0.15) is 5.78 Å². The largest absolute Gasteiger partial charge is 0.342 e. The van der Waals surface area contributed by atoms with Crippen molar-refractivity contribution < 1.29 is 24.0 Å². The molecule has 44 heavy (non-hydrogen) atoms. The summed E-state index contributed by atoms with van der Waals surface area (Å²) in [6, 6.07) is 6.68. The van der Waals surface area contributed by atoms with Crippen molar-refractivity contribution in [3.8, 4) is 0 Å². The highest BCUT2D eigenvalue weighted by Gasteiger charge is 2.45. The summed E-state index contributed by atoms with van der Waals surface area (Å²) in [5.41, 5.74) is 4.55. The van der Waals surface area contributed by atoms with E-state index in [-0.39, 0.29) is 42.8 Å². The number of Topliss-reactive ketones (excluding diaryl/α,β-unsaturated/α-hetero) is 2. The highest BCUT2D eigenvalue weighted by atomic mass is 16.2. The Morgan fingerprint density at radius 1 is 0.977 bits per heavy atom. The van der Waals surface area contributed by atoms with Crippen LogP contribution in [0.5, 0.6) is 0 Å². The lowest BCUT2D eigenvalue weighted by atomic mass is 9.92. The van der Waals surface area contributed by atoms with Crippen LogP contribution in [0.4, 0.5) is 0 Å². The molecule has 2 aliphatic heterocycles. The Labute approximate surface area is 255 Å². The summed E-state index contributed by atoms with van der Waals surface area (Å²) in [5.74, 6) is -0.713. The molecule has 2 aromatic heterocycles. The monoisotopic (exact) mass is 596 g/mol. The number of piperidine rings is 1. The second-order valence-electron chi connectivity index (χ2n) is 12.6. The topological polar surface area (TPSA) is 127 Å². The zero-order valence-electron chi connectivity index (χ0n) is 24.9. The molecule has 1 aromatic carbocycles. The Morgan fingerprint density at radius 3 is 2.52 bits per heavy atom. The van der Waals surface area contributed by atoms with Gasteiger partial charge in [-0.1, -0.05) is 12.1 Å². The lowest BCUT2D eigenvalue weighted by Crippen LogP contribution is -2.47. The van der Waals surface area contributed by atoms with Crippen LogP contribution in [0.1, 0.15) is 100 Å². The molecule has 228 valence electrons. The molecule has 11 heteroatoms. The quantitative estimate of drug-likeness (QED) is 0.289. The number of nitrogens with zero attached hydrogens (tertiary/aromatic N) is 6. The lowest BCUT2D eigenvalue weighted by Gasteiger charge is -2.32. The molecule has 0 N–H and O–H groups in total. The normalized spacial score (nSPS) is 21.0. The van der Waals surface area contributed by atoms with E-state index in [1.165, 1.54) is 12.8 Å². The van der Waals surface area contributed by atoms with Gasteiger partial charge in [-0.3, -0.25) is 38.2 Å². The van der Waals surface area contributed by atoms with Crippen molar-refractivity contribution in [3.05, 3.63) is 70.3 Å². The number of amides is 3. The van der Waals surface area contributed by atoms with E-state index in [0.717, 1.165) is 40.3 Å². The number of imide groups is 1. The van der Waals surface area contributed by atoms with Crippen molar-refractivity contribution >= 4 is 29.3 Å². The highest BCUT2D eigenvalue weighted by molar-refractivity contribution is 6.24. The van der Waals surface area contributed by atoms with Crippen molar-refractivity contribution in [1.29, 1.82) is 0 Å². The Bertz CT molecular complexity index is 1670. The number of carbonyl (C=O) groups excluding carboxylic acids is 5. The SMILES string of the molecule is Cn1nc(C2CC2)cc1CC(=O)N1CCC(n2cc(CCc3cccc4c3C(=O)N(C3CCC(=O)CC3=O)C4=O)cn2)CC1. The fourth-order valence-corrected chi connectivity index (χ4v) is 6.90. The van der Waals surface area contributed by atoms with Crippen molar-refractivity contribution in [3.63, 3.8) is 0 Å². The summed E-state index contributed by atoms with van der Waals surface area (Å²) in [6.07, 6.45) is 9.64. The Hall–Kier alpha value is -4.41. The van der Waals surface area contributed by atoms with Gasteiger partial charge in [0.05, 0.1) is 47.9 Å². The van der Waals surface area contributed by atoms with E-state index in [9.17, 15) is 24.0 Å². The van der Waals surface area contributed by atoms with Gasteiger partial charge in [0.2, 0.25) is 5.91 Å². The minimum absolute atomic E-state index is 0.137. The van der Waals surface area contributed by atoms with E-state index in [1.807, 2.05) is 39.8 Å². The number of aryl methyl sites for hydroxylation is 3. The van der Waals surface area contributed by atoms with E-state index >= 15 is 0 Å². The van der Waals surface area contributed by atoms with Crippen LogP contribution in [0.2, 0.25) is 0 Å². The lowest BCUT2D eigenvalue weighted by molar-refractivity contribution is -0.133. The van der Waals surface area contributed by atoms with Gasteiger partial charge in [-0.05, 0) is 68.2 Å². The number of ketones is 2. The molecule has 4 aliphatic rings. The molecule has 11 nitrogen and oxygen atoms in total. The highest BCUT2D eigenvalue weighted by Crippen LogP contribution is 2.39. The summed E-state index contributed by atoms with van der Waals surface area (Å²) in [7, 11) is 1.91. The number of benzene rings is 1. The molecular formula is C33H36N6O5. The fourth-order valence-electron chi connectivity index (χ4n) is 6.90. The van der Waals surface area contributed by atoms with E-state index in [4.69, 9.17) is 0 Å². The standard InChI is InChI=1S/C33H36N6O5/c1-36-24(15-27(35-36)21-7-8-21)16-30(42)37-13-11-23(12-14-37)38-19-20(18-34-38)5-6-22-3-2-4-26-31(22)33(44)39(32(26)43)28-10-9-25(40)17-29(28)41/h2-4,15,18-19,21,23,28H,5-14,16-17H2,1H3. The first-order chi connectivity index (χ1) is 21.3. The zero-order chi connectivity index (χ0) is 30.5. The van der Waals surface area contributed by atoms with E-state index in [2.05, 4.69) is 16.3 Å². The van der Waals surface area contributed by atoms with Crippen LogP contribution >= 0.6 is 0 Å². The Balaban J connectivity index is 0.950. The van der Waals surface area contributed by atoms with Crippen LogP contribution in [0.25, 0.3) is 0 Å². The number of carbonyl (C=O) groups is 5. The maximum atomic E-state index is 13.4. The van der Waals surface area contributed by atoms with Crippen LogP contribution in [0.3, 0.4) is 0 Å². The number of rotatable bonds is 8. The number of likely N-dealkylation sites (tertiary alicyclic amines) is 1. The second kappa shape index (κ2) is 11.3. The molecule has 0 spiro atoms. The first-order valence-electron chi connectivity index (χ1n) is 15.6. The third kappa shape index (κ3) is 5.28. The molecule has 3 amide bonds. The first-order valence-corrected chi connectivity index (χ1v) is 15.6. The molecule has 7 rings (SSSR count). The predicted molar refractivity (Wildman–Crippen MR) is 158 cm³/mol. The van der Waals surface area contributed by atoms with Gasteiger partial charge in [-0.25, -0.2) is 0 Å². The van der Waals surface area contributed by atoms with Crippen LogP contribution in [-0.4, -0.2) is 77.8 Å². The van der Waals surface area contributed by atoms with Crippen LogP contribution in [0.15, 0.2) is 36.7 Å². The molecule has 1 unspecified atom stereocenters. The van der Waals surface area contributed by atoms with Gasteiger partial charge >= 0.3 is 0 Å². The predicted octanol–water partition coefficient (Wildman–Crippen LogP) is 2.97. The minimum Gasteiger partial charge on any atom is -0.342 e. The van der Waals surface area contributed by atoms with Crippen LogP contribution in [0, 0.1) is 0 Å². The number of hydrogen-bond donors (Lipinski definition) is 0. The molecule has 4 heterocycles. The molecule has 0 radical (unpaired) electrons. The Kier molecular flexibility index (Phi) is 7.26. The second-order valence-corrected chi connectivity index (χ2v) is 12.6. The number of aromatic nitrogens is 4. The summed E-state index contributed by atoms with van der Waals surface area (Å²) >= 11 is 0. The smallest absolute Gasteiger partial charge is 0.262 e. The van der Waals surface area contributed by atoms with Crippen molar-refractivity contribution in [2.24, 2.45) is 7.05 Å². The third-order valence-electron chi connectivity index (χ3n) is 9.64. The third-order valence-corrected chi connectivity index (χ3v) is 9.64. The summed E-state index contributed by atoms with van der Waals surface area (Å²) in [6.45, 7) is 1.37. The summed E-state index contributed by atoms with van der Waals surface area (Å²) < 4.78 is 3.83. The Morgan fingerprint density at radius 2 is 1.77 bits per heavy atom. The first kappa shape index (κ1) is 28.4. The van der Waals surface area contributed by atoms with Crippen LogP contribution < -0.4 is 0 Å². The molecule has 2 saturated carbocycles. The average Bonchev–Trinajstić information content (AvgIpc) is 3.57. The van der Waals surface area contributed by atoms with Gasteiger partial charge in [0, 0.05) is 44.4 Å². The molecule has 0 bridgehead atoms. The van der Waals surface area contributed by atoms with E-state index in [0.29, 0.717) is 49.4 Å². The van der Waals surface area contributed by atoms with Crippen molar-refractivity contribution in [2.45, 2.75) is 82.2 Å². The number of hydrogen-bond acceptors (Lipinski definition) is 7. The average molecular weight is 597 g/mol. The zero-order valence-corrected chi connectivity index (χ0v) is 24.9. The maximum absolute atomic E-state index is 13.4. The maximum Gasteiger partial charge on any atom is 0.262 e.